The van der Waals surface area contributed by atoms with Crippen molar-refractivity contribution in [2.45, 2.75) is 25.8 Å². The Morgan fingerprint density at radius 2 is 1.79 bits per heavy atom. The van der Waals surface area contributed by atoms with E-state index in [4.69, 9.17) is 11.6 Å². The first-order valence-corrected chi connectivity index (χ1v) is 10.3. The zero-order valence-electron chi connectivity index (χ0n) is 16.4. The van der Waals surface area contributed by atoms with E-state index in [-0.39, 0.29) is 17.8 Å². The van der Waals surface area contributed by atoms with E-state index in [0.717, 1.165) is 18.8 Å². The molecule has 6 nitrogen and oxygen atoms in total. The van der Waals surface area contributed by atoms with Crippen LogP contribution in [0.2, 0.25) is 5.02 Å². The number of hydrogen-bond acceptors (Lipinski definition) is 4. The fourth-order valence-corrected chi connectivity index (χ4v) is 3.89. The Balaban J connectivity index is 1.48. The van der Waals surface area contributed by atoms with Crippen LogP contribution in [0, 0.1) is 6.92 Å². The largest absolute Gasteiger partial charge is 0.347 e. The standard InChI is InChI=1S/C22H24ClN5O/c1-16-25-21(26-28(16)19-11-9-18(23)10-12-19)22(29)24-15-20(27-13-5-6-14-27)17-7-3-2-4-8-17/h2-4,7-12,20H,5-6,13-15H2,1H3,(H,24,29). The van der Waals surface area contributed by atoms with Crippen LogP contribution in [0.3, 0.4) is 0 Å². The summed E-state index contributed by atoms with van der Waals surface area (Å²) >= 11 is 5.96. The number of halogens is 1. The molecule has 29 heavy (non-hydrogen) atoms. The molecule has 1 unspecified atom stereocenters. The third-order valence-corrected chi connectivity index (χ3v) is 5.52. The fourth-order valence-electron chi connectivity index (χ4n) is 3.77. The van der Waals surface area contributed by atoms with E-state index in [1.807, 2.05) is 37.3 Å². The fraction of sp³-hybridized carbons (Fsp3) is 0.318. The normalized spacial score (nSPS) is 15.4. The number of carbonyl (C=O) groups excluding carboxylic acids is 1. The van der Waals surface area contributed by atoms with Crippen molar-refractivity contribution in [1.82, 2.24) is 25.0 Å². The first-order chi connectivity index (χ1) is 14.1. The van der Waals surface area contributed by atoms with E-state index >= 15 is 0 Å². The molecule has 1 aromatic heterocycles. The zero-order valence-corrected chi connectivity index (χ0v) is 17.1. The molecule has 1 amide bonds. The smallest absolute Gasteiger partial charge is 0.291 e. The topological polar surface area (TPSA) is 63.1 Å². The van der Waals surface area contributed by atoms with Crippen LogP contribution < -0.4 is 5.32 Å². The van der Waals surface area contributed by atoms with Gasteiger partial charge in [-0.25, -0.2) is 9.67 Å². The van der Waals surface area contributed by atoms with Crippen molar-refractivity contribution in [2.75, 3.05) is 19.6 Å². The van der Waals surface area contributed by atoms with Crippen molar-refractivity contribution in [1.29, 1.82) is 0 Å². The van der Waals surface area contributed by atoms with Gasteiger partial charge in [-0.2, -0.15) is 0 Å². The number of nitrogens with zero attached hydrogens (tertiary/aromatic N) is 4. The van der Waals surface area contributed by atoms with Crippen LogP contribution in [0.4, 0.5) is 0 Å². The molecule has 1 fully saturated rings. The van der Waals surface area contributed by atoms with E-state index in [0.29, 0.717) is 17.4 Å². The van der Waals surface area contributed by atoms with Crippen molar-refractivity contribution >= 4 is 17.5 Å². The Morgan fingerprint density at radius 1 is 1.10 bits per heavy atom. The quantitative estimate of drug-likeness (QED) is 0.672. The van der Waals surface area contributed by atoms with Crippen molar-refractivity contribution in [3.05, 3.63) is 76.8 Å². The average Bonchev–Trinajstić information content (AvgIpc) is 3.40. The molecule has 0 bridgehead atoms. The van der Waals surface area contributed by atoms with Crippen molar-refractivity contribution in [2.24, 2.45) is 0 Å². The predicted octanol–water partition coefficient (Wildman–Crippen LogP) is 3.80. The van der Waals surface area contributed by atoms with Gasteiger partial charge in [0.25, 0.3) is 5.91 Å². The Labute approximate surface area is 175 Å². The Hall–Kier alpha value is -2.70. The van der Waals surface area contributed by atoms with Crippen LogP contribution in [0.15, 0.2) is 54.6 Å². The van der Waals surface area contributed by atoms with Crippen LogP contribution in [0.5, 0.6) is 0 Å². The summed E-state index contributed by atoms with van der Waals surface area (Å²) in [5.74, 6) is 0.559. The number of nitrogens with one attached hydrogen (secondary N) is 1. The number of rotatable bonds is 6. The van der Waals surface area contributed by atoms with Gasteiger partial charge in [0.05, 0.1) is 11.7 Å². The number of benzene rings is 2. The molecule has 1 aliphatic heterocycles. The van der Waals surface area contributed by atoms with E-state index in [1.165, 1.54) is 18.4 Å². The number of hydrogen-bond donors (Lipinski definition) is 1. The predicted molar refractivity (Wildman–Crippen MR) is 113 cm³/mol. The Morgan fingerprint density at radius 3 is 2.48 bits per heavy atom. The third-order valence-electron chi connectivity index (χ3n) is 5.26. The van der Waals surface area contributed by atoms with Crippen LogP contribution in [0.1, 0.15) is 40.9 Å². The highest BCUT2D eigenvalue weighted by Crippen LogP contribution is 2.24. The SMILES string of the molecule is Cc1nc(C(=O)NCC(c2ccccc2)N2CCCC2)nn1-c1ccc(Cl)cc1. The Kier molecular flexibility index (Phi) is 5.92. The first kappa shape index (κ1) is 19.6. The second kappa shape index (κ2) is 8.76. The molecule has 1 N–H and O–H groups in total. The average molecular weight is 410 g/mol. The highest BCUT2D eigenvalue weighted by molar-refractivity contribution is 6.30. The van der Waals surface area contributed by atoms with Gasteiger partial charge < -0.3 is 5.32 Å². The maximum Gasteiger partial charge on any atom is 0.291 e. The molecule has 0 saturated carbocycles. The van der Waals surface area contributed by atoms with Gasteiger partial charge in [-0.05, 0) is 62.7 Å². The van der Waals surface area contributed by atoms with Crippen LogP contribution >= 0.6 is 11.6 Å². The molecule has 2 heterocycles. The van der Waals surface area contributed by atoms with Crippen LogP contribution in [-0.4, -0.2) is 45.2 Å². The maximum atomic E-state index is 12.8. The number of aromatic nitrogens is 3. The van der Waals surface area contributed by atoms with Gasteiger partial charge in [0.1, 0.15) is 5.82 Å². The molecular weight excluding hydrogens is 386 g/mol. The highest BCUT2D eigenvalue weighted by atomic mass is 35.5. The second-order valence-electron chi connectivity index (χ2n) is 7.25. The number of likely N-dealkylation sites (tertiary alicyclic amines) is 1. The van der Waals surface area contributed by atoms with E-state index < -0.39 is 0 Å². The highest BCUT2D eigenvalue weighted by Gasteiger charge is 2.25. The summed E-state index contributed by atoms with van der Waals surface area (Å²) in [6.45, 7) is 4.46. The van der Waals surface area contributed by atoms with Gasteiger partial charge in [0.2, 0.25) is 5.82 Å². The molecule has 2 aromatic carbocycles. The van der Waals surface area contributed by atoms with Crippen molar-refractivity contribution in [3.8, 4) is 5.69 Å². The molecule has 3 aromatic rings. The summed E-state index contributed by atoms with van der Waals surface area (Å²) in [4.78, 5) is 19.5. The molecule has 1 aliphatic rings. The van der Waals surface area contributed by atoms with Crippen LogP contribution in [0.25, 0.3) is 5.69 Å². The van der Waals surface area contributed by atoms with Crippen LogP contribution in [-0.2, 0) is 0 Å². The van der Waals surface area contributed by atoms with Gasteiger partial charge >= 0.3 is 0 Å². The maximum absolute atomic E-state index is 12.8. The molecule has 0 aliphatic carbocycles. The summed E-state index contributed by atoms with van der Waals surface area (Å²) < 4.78 is 1.65. The number of aryl methyl sites for hydroxylation is 1. The molecule has 0 radical (unpaired) electrons. The minimum Gasteiger partial charge on any atom is -0.347 e. The lowest BCUT2D eigenvalue weighted by Crippen LogP contribution is -2.37. The van der Waals surface area contributed by atoms with Gasteiger partial charge in [-0.15, -0.1) is 5.10 Å². The number of carbonyl (C=O) groups is 1. The van der Waals surface area contributed by atoms with Gasteiger partial charge in [-0.3, -0.25) is 9.69 Å². The monoisotopic (exact) mass is 409 g/mol. The van der Waals surface area contributed by atoms with E-state index in [9.17, 15) is 4.79 Å². The van der Waals surface area contributed by atoms with E-state index in [1.54, 1.807) is 16.8 Å². The molecule has 0 spiro atoms. The summed E-state index contributed by atoms with van der Waals surface area (Å²) in [6.07, 6.45) is 2.40. The minimum atomic E-state index is -0.263. The summed E-state index contributed by atoms with van der Waals surface area (Å²) in [5, 5.41) is 8.08. The Bertz CT molecular complexity index is 965. The minimum absolute atomic E-state index is 0.155. The molecule has 4 rings (SSSR count). The third kappa shape index (κ3) is 4.49. The summed E-state index contributed by atoms with van der Waals surface area (Å²) in [7, 11) is 0. The molecule has 7 heteroatoms. The van der Waals surface area contributed by atoms with Gasteiger partial charge in [-0.1, -0.05) is 41.9 Å². The summed E-state index contributed by atoms with van der Waals surface area (Å²) in [5.41, 5.74) is 2.03. The molecule has 150 valence electrons. The van der Waals surface area contributed by atoms with Crippen molar-refractivity contribution < 1.29 is 4.79 Å². The van der Waals surface area contributed by atoms with Gasteiger partial charge in [0, 0.05) is 11.6 Å². The van der Waals surface area contributed by atoms with Crippen molar-refractivity contribution in [3.63, 3.8) is 0 Å². The molecule has 1 atom stereocenters. The lowest BCUT2D eigenvalue weighted by atomic mass is 10.1. The lowest BCUT2D eigenvalue weighted by Gasteiger charge is -2.28. The second-order valence-corrected chi connectivity index (χ2v) is 7.69. The molecular formula is C22H24ClN5O. The van der Waals surface area contributed by atoms with Gasteiger partial charge in [0.15, 0.2) is 0 Å². The first-order valence-electron chi connectivity index (χ1n) is 9.88. The molecule has 1 saturated heterocycles. The van der Waals surface area contributed by atoms with E-state index in [2.05, 4.69) is 32.4 Å². The zero-order chi connectivity index (χ0) is 20.2. The number of amides is 1. The lowest BCUT2D eigenvalue weighted by molar-refractivity contribution is 0.0927. The summed E-state index contributed by atoms with van der Waals surface area (Å²) in [6, 6.07) is 17.8.